The van der Waals surface area contributed by atoms with Gasteiger partial charge in [0.05, 0.1) is 12.4 Å². The van der Waals surface area contributed by atoms with Gasteiger partial charge < -0.3 is 4.52 Å². The van der Waals surface area contributed by atoms with Gasteiger partial charge in [-0.1, -0.05) is 11.2 Å². The first kappa shape index (κ1) is 5.77. The number of H-pyrrole nitrogens is 1. The highest BCUT2D eigenvalue weighted by Crippen LogP contribution is 2.22. The van der Waals surface area contributed by atoms with Gasteiger partial charge in [0.25, 0.3) is 0 Å². The minimum absolute atomic E-state index is 0.769. The lowest BCUT2D eigenvalue weighted by Crippen LogP contribution is -1.69. The van der Waals surface area contributed by atoms with Gasteiger partial charge in [-0.2, -0.15) is 5.10 Å². The number of rotatable bonds is 0. The van der Waals surface area contributed by atoms with Gasteiger partial charge in [0.2, 0.25) is 0 Å². The molecule has 0 fully saturated rings. The third-order valence-corrected chi connectivity index (χ3v) is 1.94. The van der Waals surface area contributed by atoms with Gasteiger partial charge in [0.1, 0.15) is 5.52 Å². The quantitative estimate of drug-likeness (QED) is 0.543. The Morgan fingerprint density at radius 3 is 3.08 bits per heavy atom. The molecule has 0 aliphatic heterocycles. The zero-order chi connectivity index (χ0) is 7.97. The van der Waals surface area contributed by atoms with Crippen LogP contribution in [0.15, 0.2) is 29.0 Å². The fourth-order valence-corrected chi connectivity index (χ4v) is 1.34. The number of fused-ring (bicyclic) bond motifs is 3. The average Bonchev–Trinajstić information content (AvgIpc) is 2.71. The molecule has 2 aromatic heterocycles. The van der Waals surface area contributed by atoms with Crippen LogP contribution in [0.5, 0.6) is 0 Å². The summed E-state index contributed by atoms with van der Waals surface area (Å²) >= 11 is 0. The largest absolute Gasteiger partial charge is 0.354 e. The van der Waals surface area contributed by atoms with Crippen molar-refractivity contribution in [3.8, 4) is 0 Å². The van der Waals surface area contributed by atoms with E-state index in [1.807, 2.05) is 12.1 Å². The lowest BCUT2D eigenvalue weighted by molar-refractivity contribution is 0.458. The van der Waals surface area contributed by atoms with Crippen LogP contribution in [-0.2, 0) is 0 Å². The summed E-state index contributed by atoms with van der Waals surface area (Å²) in [4.78, 5) is 0. The molecule has 12 heavy (non-hydrogen) atoms. The Morgan fingerprint density at radius 2 is 2.08 bits per heavy atom. The zero-order valence-corrected chi connectivity index (χ0v) is 6.11. The Labute approximate surface area is 67.2 Å². The fraction of sp³-hybridized carbons (Fsp3) is 0. The van der Waals surface area contributed by atoms with Crippen LogP contribution in [0.25, 0.3) is 21.9 Å². The van der Waals surface area contributed by atoms with Gasteiger partial charge in [-0.3, -0.25) is 5.10 Å². The molecule has 0 unspecified atom stereocenters. The molecule has 0 saturated heterocycles. The number of aromatic amines is 1. The molecule has 0 amide bonds. The van der Waals surface area contributed by atoms with E-state index < -0.39 is 0 Å². The minimum atomic E-state index is 0.769. The number of hydrogen-bond donors (Lipinski definition) is 1. The molecule has 4 nitrogen and oxygen atoms in total. The van der Waals surface area contributed by atoms with Crippen LogP contribution in [0.3, 0.4) is 0 Å². The van der Waals surface area contributed by atoms with Crippen molar-refractivity contribution in [1.82, 2.24) is 15.4 Å². The van der Waals surface area contributed by atoms with Crippen LogP contribution in [0.2, 0.25) is 0 Å². The monoisotopic (exact) mass is 159 g/mol. The maximum Gasteiger partial charge on any atom is 0.192 e. The van der Waals surface area contributed by atoms with Gasteiger partial charge in [-0.25, -0.2) is 0 Å². The summed E-state index contributed by atoms with van der Waals surface area (Å²) in [6.07, 6.45) is 3.45. The highest BCUT2D eigenvalue weighted by Gasteiger charge is 2.04. The standard InChI is InChI=1S/C8H5N3O/c1-2-6-4-10-12-8(6)7-5(1)3-9-11-7/h1-4H,(H,9,11). The Kier molecular flexibility index (Phi) is 0.889. The van der Waals surface area contributed by atoms with E-state index in [2.05, 4.69) is 15.4 Å². The van der Waals surface area contributed by atoms with Crippen LogP contribution in [0.4, 0.5) is 0 Å². The molecule has 2 heterocycles. The van der Waals surface area contributed by atoms with E-state index in [4.69, 9.17) is 4.52 Å². The first-order valence-corrected chi connectivity index (χ1v) is 3.61. The third kappa shape index (κ3) is 0.567. The fourth-order valence-electron chi connectivity index (χ4n) is 1.34. The summed E-state index contributed by atoms with van der Waals surface area (Å²) < 4.78 is 5.07. The predicted octanol–water partition coefficient (Wildman–Crippen LogP) is 1.70. The molecule has 58 valence electrons. The molecule has 0 bridgehead atoms. The summed E-state index contributed by atoms with van der Waals surface area (Å²) in [5.41, 5.74) is 1.68. The number of nitrogens with zero attached hydrogens (tertiary/aromatic N) is 2. The van der Waals surface area contributed by atoms with E-state index in [9.17, 15) is 0 Å². The molecule has 0 radical (unpaired) electrons. The van der Waals surface area contributed by atoms with E-state index in [-0.39, 0.29) is 0 Å². The lowest BCUT2D eigenvalue weighted by atomic mass is 10.2. The van der Waals surface area contributed by atoms with Crippen molar-refractivity contribution in [1.29, 1.82) is 0 Å². The third-order valence-electron chi connectivity index (χ3n) is 1.94. The first-order chi connectivity index (χ1) is 5.95. The van der Waals surface area contributed by atoms with E-state index in [0.29, 0.717) is 0 Å². The molecule has 0 aliphatic carbocycles. The second kappa shape index (κ2) is 1.85. The van der Waals surface area contributed by atoms with Crippen LogP contribution in [0, 0.1) is 0 Å². The van der Waals surface area contributed by atoms with Crippen molar-refractivity contribution in [2.45, 2.75) is 0 Å². The highest BCUT2D eigenvalue weighted by molar-refractivity contribution is 6.00. The zero-order valence-electron chi connectivity index (χ0n) is 6.11. The SMILES string of the molecule is c1cc2cnoc2c2[nH]ncc12. The summed E-state index contributed by atoms with van der Waals surface area (Å²) in [7, 11) is 0. The smallest absolute Gasteiger partial charge is 0.192 e. The summed E-state index contributed by atoms with van der Waals surface area (Å²) in [6.45, 7) is 0. The van der Waals surface area contributed by atoms with Crippen LogP contribution in [0.1, 0.15) is 0 Å². The van der Waals surface area contributed by atoms with Crippen molar-refractivity contribution in [2.75, 3.05) is 0 Å². The molecule has 0 atom stereocenters. The molecule has 0 aliphatic rings. The topological polar surface area (TPSA) is 54.7 Å². The minimum Gasteiger partial charge on any atom is -0.354 e. The van der Waals surface area contributed by atoms with Gasteiger partial charge >= 0.3 is 0 Å². The van der Waals surface area contributed by atoms with Crippen molar-refractivity contribution in [3.63, 3.8) is 0 Å². The van der Waals surface area contributed by atoms with Gasteiger partial charge in [-0.15, -0.1) is 0 Å². The van der Waals surface area contributed by atoms with E-state index in [1.54, 1.807) is 12.4 Å². The molecule has 3 rings (SSSR count). The van der Waals surface area contributed by atoms with Crippen molar-refractivity contribution >= 4 is 21.9 Å². The normalized spacial score (nSPS) is 11.3. The van der Waals surface area contributed by atoms with Crippen LogP contribution < -0.4 is 0 Å². The summed E-state index contributed by atoms with van der Waals surface area (Å²) in [5, 5.41) is 12.5. The molecule has 1 N–H and O–H groups in total. The van der Waals surface area contributed by atoms with Crippen molar-refractivity contribution in [3.05, 3.63) is 24.5 Å². The summed E-state index contributed by atoms with van der Waals surface area (Å²) in [6, 6.07) is 3.95. The van der Waals surface area contributed by atoms with E-state index >= 15 is 0 Å². The highest BCUT2D eigenvalue weighted by atomic mass is 16.5. The Hall–Kier alpha value is -1.84. The average molecular weight is 159 g/mol. The Balaban J connectivity index is 2.71. The maximum atomic E-state index is 5.07. The molecule has 4 heteroatoms. The van der Waals surface area contributed by atoms with Crippen LogP contribution >= 0.6 is 0 Å². The maximum absolute atomic E-state index is 5.07. The van der Waals surface area contributed by atoms with E-state index in [1.165, 1.54) is 0 Å². The first-order valence-electron chi connectivity index (χ1n) is 3.61. The summed E-state index contributed by atoms with van der Waals surface area (Å²) in [5.74, 6) is 0. The lowest BCUT2D eigenvalue weighted by Gasteiger charge is -1.86. The number of aromatic nitrogens is 3. The Bertz CT molecular complexity index is 487. The second-order valence-electron chi connectivity index (χ2n) is 2.64. The predicted molar refractivity (Wildman–Crippen MR) is 43.7 cm³/mol. The molecule has 1 aromatic carbocycles. The number of hydrogen-bond acceptors (Lipinski definition) is 3. The van der Waals surface area contributed by atoms with Crippen molar-refractivity contribution < 1.29 is 4.52 Å². The number of benzene rings is 1. The van der Waals surface area contributed by atoms with Gasteiger partial charge in [0, 0.05) is 10.8 Å². The van der Waals surface area contributed by atoms with Gasteiger partial charge in [0.15, 0.2) is 5.58 Å². The Morgan fingerprint density at radius 1 is 1.17 bits per heavy atom. The second-order valence-corrected chi connectivity index (χ2v) is 2.64. The van der Waals surface area contributed by atoms with Crippen molar-refractivity contribution in [2.24, 2.45) is 0 Å². The molecule has 3 aromatic rings. The van der Waals surface area contributed by atoms with Crippen LogP contribution in [-0.4, -0.2) is 15.4 Å². The van der Waals surface area contributed by atoms with Gasteiger partial charge in [-0.05, 0) is 6.07 Å². The molecular formula is C8H5N3O. The molecule has 0 spiro atoms. The molecular weight excluding hydrogens is 154 g/mol. The molecule has 0 saturated carbocycles. The number of nitrogens with one attached hydrogen (secondary N) is 1. The van der Waals surface area contributed by atoms with E-state index in [0.717, 1.165) is 21.9 Å².